The molecule has 0 atom stereocenters. The van der Waals surface area contributed by atoms with Gasteiger partial charge in [0.1, 0.15) is 17.9 Å². The van der Waals surface area contributed by atoms with Gasteiger partial charge in [-0.15, -0.1) is 0 Å². The molecule has 1 rings (SSSR count). The first kappa shape index (κ1) is 9.80. The fourth-order valence-corrected chi connectivity index (χ4v) is 1.11. The summed E-state index contributed by atoms with van der Waals surface area (Å²) >= 11 is 0. The molecule has 0 aliphatic heterocycles. The highest BCUT2D eigenvalue weighted by atomic mass is 16.5. The van der Waals surface area contributed by atoms with Crippen molar-refractivity contribution in [3.05, 3.63) is 23.2 Å². The lowest BCUT2D eigenvalue weighted by Crippen LogP contribution is -2.05. The monoisotopic (exact) mass is 184 g/mol. The van der Waals surface area contributed by atoms with Crippen molar-refractivity contribution in [1.82, 2.24) is 0 Å². The second-order valence-electron chi connectivity index (χ2n) is 2.64. The normalized spacial score (nSPS) is 10.1. The number of hydrogen-bond acceptors (Lipinski definition) is 4. The van der Waals surface area contributed by atoms with Crippen LogP contribution in [0.2, 0.25) is 0 Å². The Morgan fingerprint density at radius 2 is 2.23 bits per heavy atom. The number of ether oxygens (including phenoxy) is 2. The second-order valence-corrected chi connectivity index (χ2v) is 2.64. The summed E-state index contributed by atoms with van der Waals surface area (Å²) in [5.74, 6) is 0.116. The molecule has 0 spiro atoms. The molecular weight excluding hydrogens is 172 g/mol. The summed E-state index contributed by atoms with van der Waals surface area (Å²) in [6.07, 6.45) is 1.51. The smallest absolute Gasteiger partial charge is 0.341 e. The molecule has 0 saturated carbocycles. The summed E-state index contributed by atoms with van der Waals surface area (Å²) in [5.41, 5.74) is 1.23. The first-order valence-corrected chi connectivity index (χ1v) is 3.85. The molecule has 0 fully saturated rings. The van der Waals surface area contributed by atoms with E-state index in [4.69, 9.17) is 9.15 Å². The van der Waals surface area contributed by atoms with Gasteiger partial charge in [-0.3, -0.25) is 0 Å². The minimum atomic E-state index is -0.390. The quantitative estimate of drug-likeness (QED) is 0.668. The van der Waals surface area contributed by atoms with Gasteiger partial charge in [0.2, 0.25) is 0 Å². The third-order valence-electron chi connectivity index (χ3n) is 1.72. The largest absolute Gasteiger partial charge is 0.466 e. The Morgan fingerprint density at radius 3 is 2.77 bits per heavy atom. The van der Waals surface area contributed by atoms with E-state index in [0.29, 0.717) is 11.3 Å². The van der Waals surface area contributed by atoms with Gasteiger partial charge in [-0.1, -0.05) is 0 Å². The van der Waals surface area contributed by atoms with Crippen LogP contribution in [0.1, 0.15) is 21.7 Å². The van der Waals surface area contributed by atoms with Gasteiger partial charge < -0.3 is 13.9 Å². The number of carbonyl (C=O) groups is 1. The number of esters is 1. The van der Waals surface area contributed by atoms with Crippen LogP contribution in [0.5, 0.6) is 0 Å². The SMILES string of the molecule is COCc1occ(C)c1C(=O)OC. The maximum absolute atomic E-state index is 11.3. The zero-order chi connectivity index (χ0) is 9.84. The lowest BCUT2D eigenvalue weighted by atomic mass is 10.2. The van der Waals surface area contributed by atoms with Crippen LogP contribution >= 0.6 is 0 Å². The maximum Gasteiger partial charge on any atom is 0.341 e. The summed E-state index contributed by atoms with van der Waals surface area (Å²) in [5, 5.41) is 0. The van der Waals surface area contributed by atoms with Crippen LogP contribution < -0.4 is 0 Å². The molecule has 0 unspecified atom stereocenters. The molecule has 0 aliphatic rings. The number of methoxy groups -OCH3 is 2. The van der Waals surface area contributed by atoms with E-state index in [-0.39, 0.29) is 6.61 Å². The number of aryl methyl sites for hydroxylation is 1. The van der Waals surface area contributed by atoms with Crippen molar-refractivity contribution in [2.45, 2.75) is 13.5 Å². The van der Waals surface area contributed by atoms with E-state index in [1.807, 2.05) is 0 Å². The molecule has 0 radical (unpaired) electrons. The van der Waals surface area contributed by atoms with Gasteiger partial charge in [0, 0.05) is 12.7 Å². The predicted molar refractivity (Wildman–Crippen MR) is 45.5 cm³/mol. The fraction of sp³-hybridized carbons (Fsp3) is 0.444. The molecular formula is C9H12O4. The summed E-state index contributed by atoms with van der Waals surface area (Å²) < 4.78 is 14.6. The summed E-state index contributed by atoms with van der Waals surface area (Å²) in [7, 11) is 2.88. The van der Waals surface area contributed by atoms with Crippen molar-refractivity contribution in [2.24, 2.45) is 0 Å². The first-order valence-electron chi connectivity index (χ1n) is 3.85. The van der Waals surface area contributed by atoms with E-state index >= 15 is 0 Å². The Kier molecular flexibility index (Phi) is 3.08. The third kappa shape index (κ3) is 1.89. The van der Waals surface area contributed by atoms with E-state index in [1.54, 1.807) is 14.0 Å². The van der Waals surface area contributed by atoms with E-state index in [0.717, 1.165) is 5.56 Å². The highest BCUT2D eigenvalue weighted by Gasteiger charge is 2.18. The summed E-state index contributed by atoms with van der Waals surface area (Å²) in [4.78, 5) is 11.3. The van der Waals surface area contributed by atoms with Gasteiger partial charge in [0.05, 0.1) is 13.4 Å². The van der Waals surface area contributed by atoms with Crippen LogP contribution in [0.25, 0.3) is 0 Å². The van der Waals surface area contributed by atoms with Crippen LogP contribution in [0, 0.1) is 6.92 Å². The molecule has 0 amide bonds. The molecule has 0 bridgehead atoms. The third-order valence-corrected chi connectivity index (χ3v) is 1.72. The van der Waals surface area contributed by atoms with Gasteiger partial charge in [0.15, 0.2) is 0 Å². The molecule has 1 aromatic heterocycles. The van der Waals surface area contributed by atoms with Crippen molar-refractivity contribution in [3.8, 4) is 0 Å². The zero-order valence-electron chi connectivity index (χ0n) is 7.92. The Bertz CT molecular complexity index is 301. The molecule has 4 nitrogen and oxygen atoms in total. The molecule has 0 aliphatic carbocycles. The van der Waals surface area contributed by atoms with Crippen LogP contribution in [0.15, 0.2) is 10.7 Å². The Labute approximate surface area is 76.4 Å². The minimum absolute atomic E-state index is 0.276. The van der Waals surface area contributed by atoms with Gasteiger partial charge >= 0.3 is 5.97 Å². The molecule has 13 heavy (non-hydrogen) atoms. The molecule has 1 aromatic rings. The standard InChI is InChI=1S/C9H12O4/c1-6-4-13-7(5-11-2)8(6)9(10)12-3/h4H,5H2,1-3H3. The van der Waals surface area contributed by atoms with E-state index < -0.39 is 5.97 Å². The van der Waals surface area contributed by atoms with Crippen LogP contribution in [-0.4, -0.2) is 20.2 Å². The van der Waals surface area contributed by atoms with Gasteiger partial charge in [-0.25, -0.2) is 4.79 Å². The molecule has 4 heteroatoms. The van der Waals surface area contributed by atoms with Crippen LogP contribution in [0.3, 0.4) is 0 Å². The van der Waals surface area contributed by atoms with Crippen molar-refractivity contribution in [1.29, 1.82) is 0 Å². The predicted octanol–water partition coefficient (Wildman–Crippen LogP) is 1.52. The van der Waals surface area contributed by atoms with Gasteiger partial charge in [0.25, 0.3) is 0 Å². The number of furan rings is 1. The van der Waals surface area contributed by atoms with E-state index in [1.165, 1.54) is 13.4 Å². The van der Waals surface area contributed by atoms with Gasteiger partial charge in [-0.2, -0.15) is 0 Å². The van der Waals surface area contributed by atoms with Crippen LogP contribution in [0.4, 0.5) is 0 Å². The van der Waals surface area contributed by atoms with Crippen LogP contribution in [-0.2, 0) is 16.1 Å². The van der Waals surface area contributed by atoms with Crippen molar-refractivity contribution in [3.63, 3.8) is 0 Å². The topological polar surface area (TPSA) is 48.7 Å². The molecule has 1 heterocycles. The summed E-state index contributed by atoms with van der Waals surface area (Å²) in [6.45, 7) is 2.06. The highest BCUT2D eigenvalue weighted by molar-refractivity contribution is 5.91. The summed E-state index contributed by atoms with van der Waals surface area (Å²) in [6, 6.07) is 0. The van der Waals surface area contributed by atoms with Crippen molar-refractivity contribution in [2.75, 3.05) is 14.2 Å². The molecule has 72 valence electrons. The number of hydrogen-bond donors (Lipinski definition) is 0. The number of rotatable bonds is 3. The average molecular weight is 184 g/mol. The maximum atomic E-state index is 11.3. The number of carbonyl (C=O) groups excluding carboxylic acids is 1. The van der Waals surface area contributed by atoms with Gasteiger partial charge in [-0.05, 0) is 6.92 Å². The Balaban J connectivity index is 3.01. The molecule has 0 saturated heterocycles. The van der Waals surface area contributed by atoms with E-state index in [9.17, 15) is 4.79 Å². The van der Waals surface area contributed by atoms with Crippen molar-refractivity contribution >= 4 is 5.97 Å². The average Bonchev–Trinajstić information content (AvgIpc) is 2.47. The first-order chi connectivity index (χ1) is 6.20. The zero-order valence-corrected chi connectivity index (χ0v) is 7.92. The fourth-order valence-electron chi connectivity index (χ4n) is 1.11. The second kappa shape index (κ2) is 4.09. The Hall–Kier alpha value is -1.29. The minimum Gasteiger partial charge on any atom is -0.466 e. The highest BCUT2D eigenvalue weighted by Crippen LogP contribution is 2.18. The Morgan fingerprint density at radius 1 is 1.54 bits per heavy atom. The molecule has 0 aromatic carbocycles. The van der Waals surface area contributed by atoms with Crippen molar-refractivity contribution < 1.29 is 18.7 Å². The lowest BCUT2D eigenvalue weighted by Gasteiger charge is -2.00. The lowest BCUT2D eigenvalue weighted by molar-refractivity contribution is 0.0591. The van der Waals surface area contributed by atoms with E-state index in [2.05, 4.69) is 4.74 Å². The molecule has 0 N–H and O–H groups in total.